The Morgan fingerprint density at radius 3 is 2.29 bits per heavy atom. The van der Waals surface area contributed by atoms with Gasteiger partial charge in [0.1, 0.15) is 0 Å². The summed E-state index contributed by atoms with van der Waals surface area (Å²) in [4.78, 5) is 2.65. The van der Waals surface area contributed by atoms with Crippen molar-refractivity contribution >= 4 is 0 Å². The first-order chi connectivity index (χ1) is 10.2. The third-order valence-electron chi connectivity index (χ3n) is 5.22. The van der Waals surface area contributed by atoms with Gasteiger partial charge < -0.3 is 15.3 Å². The standard InChI is InChI=1S/C18H38N2O/c1-4-7-13-20(14-8-5-2)15-11-17-10-9-12-18(17,16-21)19-6-3/h17,19,21H,4-16H2,1-3H3. The minimum absolute atomic E-state index is 0.00985. The zero-order chi connectivity index (χ0) is 15.6. The van der Waals surface area contributed by atoms with Crippen molar-refractivity contribution in [2.24, 2.45) is 5.92 Å². The van der Waals surface area contributed by atoms with E-state index in [0.717, 1.165) is 13.0 Å². The third kappa shape index (κ3) is 5.88. The average molecular weight is 299 g/mol. The third-order valence-corrected chi connectivity index (χ3v) is 5.22. The second-order valence-corrected chi connectivity index (χ2v) is 6.77. The fourth-order valence-corrected chi connectivity index (χ4v) is 3.85. The summed E-state index contributed by atoms with van der Waals surface area (Å²) in [5.41, 5.74) is 0.00985. The van der Waals surface area contributed by atoms with Crippen molar-refractivity contribution in [1.29, 1.82) is 0 Å². The van der Waals surface area contributed by atoms with Crippen LogP contribution in [-0.4, -0.2) is 48.3 Å². The lowest BCUT2D eigenvalue weighted by molar-refractivity contribution is 0.112. The second-order valence-electron chi connectivity index (χ2n) is 6.77. The number of unbranched alkanes of at least 4 members (excludes halogenated alkanes) is 2. The number of hydrogen-bond acceptors (Lipinski definition) is 3. The molecule has 0 radical (unpaired) electrons. The molecule has 0 bridgehead atoms. The molecule has 0 saturated heterocycles. The van der Waals surface area contributed by atoms with E-state index in [2.05, 4.69) is 31.0 Å². The highest BCUT2D eigenvalue weighted by Crippen LogP contribution is 2.37. The molecule has 126 valence electrons. The van der Waals surface area contributed by atoms with E-state index in [0.29, 0.717) is 12.5 Å². The number of aliphatic hydroxyl groups excluding tert-OH is 1. The first kappa shape index (κ1) is 18.9. The van der Waals surface area contributed by atoms with Crippen LogP contribution in [0, 0.1) is 5.92 Å². The summed E-state index contributed by atoms with van der Waals surface area (Å²) in [6.07, 6.45) is 10.1. The van der Waals surface area contributed by atoms with Crippen LogP contribution in [0.1, 0.15) is 72.1 Å². The van der Waals surface area contributed by atoms with Crippen molar-refractivity contribution in [3.05, 3.63) is 0 Å². The van der Waals surface area contributed by atoms with Crippen molar-refractivity contribution in [2.45, 2.75) is 77.7 Å². The van der Waals surface area contributed by atoms with E-state index in [1.54, 1.807) is 0 Å². The molecule has 1 fully saturated rings. The minimum atomic E-state index is 0.00985. The van der Waals surface area contributed by atoms with Gasteiger partial charge in [0, 0.05) is 5.54 Å². The number of rotatable bonds is 12. The van der Waals surface area contributed by atoms with Crippen LogP contribution in [0.2, 0.25) is 0 Å². The first-order valence-corrected chi connectivity index (χ1v) is 9.30. The van der Waals surface area contributed by atoms with Gasteiger partial charge in [0.05, 0.1) is 6.61 Å². The fourth-order valence-electron chi connectivity index (χ4n) is 3.85. The summed E-state index contributed by atoms with van der Waals surface area (Å²) in [5, 5.41) is 13.5. The summed E-state index contributed by atoms with van der Waals surface area (Å²) < 4.78 is 0. The number of nitrogens with zero attached hydrogens (tertiary/aromatic N) is 1. The highest BCUT2D eigenvalue weighted by molar-refractivity contribution is 4.98. The van der Waals surface area contributed by atoms with Gasteiger partial charge >= 0.3 is 0 Å². The van der Waals surface area contributed by atoms with Crippen molar-refractivity contribution < 1.29 is 5.11 Å². The van der Waals surface area contributed by atoms with Crippen LogP contribution in [0.25, 0.3) is 0 Å². The largest absolute Gasteiger partial charge is 0.394 e. The Hall–Kier alpha value is -0.120. The van der Waals surface area contributed by atoms with E-state index in [9.17, 15) is 5.11 Å². The van der Waals surface area contributed by atoms with E-state index < -0.39 is 0 Å². The first-order valence-electron chi connectivity index (χ1n) is 9.30. The summed E-state index contributed by atoms with van der Waals surface area (Å²) in [6.45, 7) is 11.7. The molecule has 1 rings (SSSR count). The topological polar surface area (TPSA) is 35.5 Å². The van der Waals surface area contributed by atoms with Crippen LogP contribution in [0.4, 0.5) is 0 Å². The summed E-state index contributed by atoms with van der Waals surface area (Å²) >= 11 is 0. The van der Waals surface area contributed by atoms with E-state index in [-0.39, 0.29) is 5.54 Å². The van der Waals surface area contributed by atoms with Gasteiger partial charge in [0.15, 0.2) is 0 Å². The Balaban J connectivity index is 2.48. The highest BCUT2D eigenvalue weighted by atomic mass is 16.3. The number of aliphatic hydroxyl groups is 1. The molecule has 3 nitrogen and oxygen atoms in total. The molecule has 21 heavy (non-hydrogen) atoms. The van der Waals surface area contributed by atoms with Gasteiger partial charge in [-0.05, 0) is 64.2 Å². The van der Waals surface area contributed by atoms with E-state index in [1.807, 2.05) is 0 Å². The van der Waals surface area contributed by atoms with Crippen LogP contribution >= 0.6 is 0 Å². The molecular formula is C18H38N2O. The normalized spacial score (nSPS) is 25.9. The van der Waals surface area contributed by atoms with Gasteiger partial charge in [-0.15, -0.1) is 0 Å². The lowest BCUT2D eigenvalue weighted by Crippen LogP contribution is -2.52. The average Bonchev–Trinajstić information content (AvgIpc) is 2.90. The van der Waals surface area contributed by atoms with Crippen LogP contribution in [-0.2, 0) is 0 Å². The SMILES string of the molecule is CCCCN(CCCC)CCC1CCCC1(CO)NCC. The Labute approximate surface area is 132 Å². The zero-order valence-corrected chi connectivity index (χ0v) is 14.7. The van der Waals surface area contributed by atoms with Gasteiger partial charge in [0.25, 0.3) is 0 Å². The van der Waals surface area contributed by atoms with Gasteiger partial charge in [-0.2, -0.15) is 0 Å². The number of nitrogens with one attached hydrogen (secondary N) is 1. The van der Waals surface area contributed by atoms with Gasteiger partial charge in [0.2, 0.25) is 0 Å². The maximum absolute atomic E-state index is 9.89. The molecule has 2 N–H and O–H groups in total. The van der Waals surface area contributed by atoms with Gasteiger partial charge in [-0.1, -0.05) is 40.0 Å². The molecule has 0 aromatic rings. The molecule has 0 aromatic heterocycles. The fraction of sp³-hybridized carbons (Fsp3) is 1.00. The van der Waals surface area contributed by atoms with Crippen molar-refractivity contribution in [3.8, 4) is 0 Å². The predicted octanol–water partition coefficient (Wildman–Crippen LogP) is 3.42. The van der Waals surface area contributed by atoms with Crippen LogP contribution < -0.4 is 5.32 Å². The summed E-state index contributed by atoms with van der Waals surface area (Å²) in [5.74, 6) is 0.646. The van der Waals surface area contributed by atoms with Gasteiger partial charge in [-0.3, -0.25) is 0 Å². The molecule has 0 heterocycles. The molecule has 2 unspecified atom stereocenters. The molecule has 0 aliphatic heterocycles. The molecule has 0 aromatic carbocycles. The smallest absolute Gasteiger partial charge is 0.0616 e. The van der Waals surface area contributed by atoms with Crippen LogP contribution in [0.3, 0.4) is 0 Å². The Morgan fingerprint density at radius 1 is 1.10 bits per heavy atom. The molecular weight excluding hydrogens is 260 g/mol. The molecule has 2 atom stereocenters. The van der Waals surface area contributed by atoms with Crippen molar-refractivity contribution in [2.75, 3.05) is 32.8 Å². The maximum Gasteiger partial charge on any atom is 0.0616 e. The minimum Gasteiger partial charge on any atom is -0.394 e. The maximum atomic E-state index is 9.89. The van der Waals surface area contributed by atoms with Gasteiger partial charge in [-0.25, -0.2) is 0 Å². The Morgan fingerprint density at radius 2 is 1.76 bits per heavy atom. The summed E-state index contributed by atoms with van der Waals surface area (Å²) in [6, 6.07) is 0. The highest BCUT2D eigenvalue weighted by Gasteiger charge is 2.41. The molecule has 1 saturated carbocycles. The predicted molar refractivity (Wildman–Crippen MR) is 91.7 cm³/mol. The molecule has 0 spiro atoms. The monoisotopic (exact) mass is 298 g/mol. The Bertz CT molecular complexity index is 252. The van der Waals surface area contributed by atoms with E-state index >= 15 is 0 Å². The molecule has 3 heteroatoms. The number of hydrogen-bond donors (Lipinski definition) is 2. The summed E-state index contributed by atoms with van der Waals surface area (Å²) in [7, 11) is 0. The Kier molecular flexibility index (Phi) is 9.54. The second kappa shape index (κ2) is 10.6. The van der Waals surface area contributed by atoms with E-state index in [1.165, 1.54) is 64.6 Å². The molecule has 1 aliphatic carbocycles. The van der Waals surface area contributed by atoms with Crippen molar-refractivity contribution in [3.63, 3.8) is 0 Å². The number of likely N-dealkylation sites (N-methyl/N-ethyl adjacent to an activating group) is 1. The molecule has 0 amide bonds. The lowest BCUT2D eigenvalue weighted by atomic mass is 9.85. The lowest BCUT2D eigenvalue weighted by Gasteiger charge is -2.36. The van der Waals surface area contributed by atoms with E-state index in [4.69, 9.17) is 0 Å². The zero-order valence-electron chi connectivity index (χ0n) is 14.7. The van der Waals surface area contributed by atoms with Crippen LogP contribution in [0.5, 0.6) is 0 Å². The van der Waals surface area contributed by atoms with Crippen LogP contribution in [0.15, 0.2) is 0 Å². The molecule has 1 aliphatic rings. The quantitative estimate of drug-likeness (QED) is 0.579. The van der Waals surface area contributed by atoms with Crippen molar-refractivity contribution in [1.82, 2.24) is 10.2 Å².